The second kappa shape index (κ2) is 6.43. The maximum absolute atomic E-state index is 12.7. The van der Waals surface area contributed by atoms with Gasteiger partial charge in [0.1, 0.15) is 5.75 Å². The molecule has 0 bridgehead atoms. The molecule has 2 aromatic carbocycles. The molecule has 0 saturated carbocycles. The van der Waals surface area contributed by atoms with E-state index in [9.17, 15) is 9.59 Å². The van der Waals surface area contributed by atoms with E-state index in [2.05, 4.69) is 0 Å². The molecule has 0 spiro atoms. The number of anilines is 1. The summed E-state index contributed by atoms with van der Waals surface area (Å²) in [6.45, 7) is 0. The quantitative estimate of drug-likeness (QED) is 0.624. The number of carbonyl (C=O) groups excluding carboxylic acids is 2. The molecule has 1 aliphatic rings. The van der Waals surface area contributed by atoms with Crippen molar-refractivity contribution in [1.82, 2.24) is 0 Å². The van der Waals surface area contributed by atoms with Gasteiger partial charge in [0.15, 0.2) is 6.29 Å². The first-order valence-electron chi connectivity index (χ1n) is 7.33. The molecule has 0 aliphatic carbocycles. The molecule has 124 valence electrons. The number of carbonyl (C=O) groups is 2. The lowest BCUT2D eigenvalue weighted by molar-refractivity contribution is -0.105. The average Bonchev–Trinajstić information content (AvgIpc) is 2.87. The van der Waals surface area contributed by atoms with Crippen molar-refractivity contribution in [3.05, 3.63) is 59.2 Å². The Kier molecular flexibility index (Phi) is 4.33. The molecule has 0 aromatic heterocycles. The summed E-state index contributed by atoms with van der Waals surface area (Å²) in [5, 5.41) is 0. The lowest BCUT2D eigenvalue weighted by atomic mass is 10.1. The van der Waals surface area contributed by atoms with Crippen LogP contribution in [0.2, 0.25) is 0 Å². The van der Waals surface area contributed by atoms with Gasteiger partial charge in [0, 0.05) is 19.8 Å². The first-order chi connectivity index (χ1) is 11.6. The van der Waals surface area contributed by atoms with Gasteiger partial charge in [-0.1, -0.05) is 12.1 Å². The van der Waals surface area contributed by atoms with Crippen LogP contribution < -0.4 is 9.64 Å². The Morgan fingerprint density at radius 2 is 1.46 bits per heavy atom. The molecule has 2 amide bonds. The SMILES string of the molecule is COc1ccc(N2C(=O)c3ccccc3C2=O)c(C(OC)OC)c1. The Morgan fingerprint density at radius 3 is 1.96 bits per heavy atom. The fourth-order valence-electron chi connectivity index (χ4n) is 2.81. The lowest BCUT2D eigenvalue weighted by Gasteiger charge is -2.23. The second-order valence-electron chi connectivity index (χ2n) is 5.22. The second-order valence-corrected chi connectivity index (χ2v) is 5.22. The van der Waals surface area contributed by atoms with Gasteiger partial charge in [-0.15, -0.1) is 0 Å². The van der Waals surface area contributed by atoms with Crippen LogP contribution in [0.5, 0.6) is 5.75 Å². The van der Waals surface area contributed by atoms with Gasteiger partial charge >= 0.3 is 0 Å². The summed E-state index contributed by atoms with van der Waals surface area (Å²) >= 11 is 0. The van der Waals surface area contributed by atoms with Gasteiger partial charge in [0.05, 0.1) is 23.9 Å². The van der Waals surface area contributed by atoms with E-state index in [1.807, 2.05) is 0 Å². The van der Waals surface area contributed by atoms with Crippen LogP contribution >= 0.6 is 0 Å². The maximum atomic E-state index is 12.7. The molecule has 0 atom stereocenters. The molecule has 6 nitrogen and oxygen atoms in total. The molecule has 0 N–H and O–H groups in total. The third-order valence-electron chi connectivity index (χ3n) is 3.95. The number of benzene rings is 2. The number of nitrogens with zero attached hydrogens (tertiary/aromatic N) is 1. The van der Waals surface area contributed by atoms with Crippen LogP contribution in [0.1, 0.15) is 32.6 Å². The number of fused-ring (bicyclic) bond motifs is 1. The van der Waals surface area contributed by atoms with Gasteiger partial charge in [0.2, 0.25) is 0 Å². The third-order valence-corrected chi connectivity index (χ3v) is 3.95. The number of ether oxygens (including phenoxy) is 3. The monoisotopic (exact) mass is 327 g/mol. The standard InChI is InChI=1S/C18H17NO5/c1-22-11-8-9-15(14(10-11)18(23-2)24-3)19-16(20)12-6-4-5-7-13(12)17(19)21/h4-10,18H,1-3H3. The van der Waals surface area contributed by atoms with Crippen LogP contribution in [0.4, 0.5) is 5.69 Å². The Labute approximate surface area is 139 Å². The molecule has 0 saturated heterocycles. The molecule has 0 fully saturated rings. The Morgan fingerprint density at radius 1 is 0.875 bits per heavy atom. The number of methoxy groups -OCH3 is 3. The minimum absolute atomic E-state index is 0.368. The Balaban J connectivity index is 2.13. The van der Waals surface area contributed by atoms with Crippen molar-refractivity contribution >= 4 is 17.5 Å². The molecular formula is C18H17NO5. The number of amides is 2. The Bertz CT molecular complexity index is 763. The van der Waals surface area contributed by atoms with Crippen LogP contribution in [-0.4, -0.2) is 33.1 Å². The van der Waals surface area contributed by atoms with Gasteiger partial charge in [-0.2, -0.15) is 0 Å². The number of imide groups is 1. The average molecular weight is 327 g/mol. The highest BCUT2D eigenvalue weighted by Gasteiger charge is 2.38. The Hall–Kier alpha value is -2.70. The van der Waals surface area contributed by atoms with Crippen LogP contribution in [0.25, 0.3) is 0 Å². The number of hydrogen-bond donors (Lipinski definition) is 0. The van der Waals surface area contributed by atoms with Crippen molar-refractivity contribution in [2.24, 2.45) is 0 Å². The topological polar surface area (TPSA) is 65.1 Å². The minimum Gasteiger partial charge on any atom is -0.497 e. The molecule has 1 aliphatic heterocycles. The van der Waals surface area contributed by atoms with E-state index in [1.54, 1.807) is 42.5 Å². The summed E-state index contributed by atoms with van der Waals surface area (Å²) in [4.78, 5) is 26.6. The van der Waals surface area contributed by atoms with Crippen molar-refractivity contribution in [3.63, 3.8) is 0 Å². The van der Waals surface area contributed by atoms with E-state index in [1.165, 1.54) is 21.3 Å². The lowest BCUT2D eigenvalue weighted by Crippen LogP contribution is -2.31. The van der Waals surface area contributed by atoms with E-state index in [0.717, 1.165) is 4.90 Å². The van der Waals surface area contributed by atoms with Gasteiger partial charge in [0.25, 0.3) is 11.8 Å². The summed E-state index contributed by atoms with van der Waals surface area (Å²) < 4.78 is 15.8. The van der Waals surface area contributed by atoms with Gasteiger partial charge in [-0.3, -0.25) is 9.59 Å². The predicted molar refractivity (Wildman–Crippen MR) is 87.3 cm³/mol. The van der Waals surface area contributed by atoms with Crippen molar-refractivity contribution in [2.75, 3.05) is 26.2 Å². The summed E-state index contributed by atoms with van der Waals surface area (Å²) in [7, 11) is 4.51. The van der Waals surface area contributed by atoms with E-state index < -0.39 is 6.29 Å². The largest absolute Gasteiger partial charge is 0.497 e. The molecule has 0 unspecified atom stereocenters. The van der Waals surface area contributed by atoms with Crippen molar-refractivity contribution < 1.29 is 23.8 Å². The summed E-state index contributed by atoms with van der Waals surface area (Å²) in [5.74, 6) is -0.162. The summed E-state index contributed by atoms with van der Waals surface area (Å²) in [5.41, 5.74) is 1.72. The zero-order valence-electron chi connectivity index (χ0n) is 13.6. The van der Waals surface area contributed by atoms with Gasteiger partial charge in [-0.25, -0.2) is 4.90 Å². The van der Waals surface area contributed by atoms with Crippen LogP contribution in [0, 0.1) is 0 Å². The smallest absolute Gasteiger partial charge is 0.266 e. The number of hydrogen-bond acceptors (Lipinski definition) is 5. The van der Waals surface area contributed by atoms with Crippen LogP contribution in [-0.2, 0) is 9.47 Å². The third kappa shape index (κ3) is 2.46. The summed E-state index contributed by atoms with van der Waals surface area (Å²) in [6.07, 6.45) is -0.737. The van der Waals surface area contributed by atoms with Crippen molar-refractivity contribution in [3.8, 4) is 5.75 Å². The van der Waals surface area contributed by atoms with Crippen LogP contribution in [0.3, 0.4) is 0 Å². The fraction of sp³-hybridized carbons (Fsp3) is 0.222. The highest BCUT2D eigenvalue weighted by Crippen LogP contribution is 2.36. The van der Waals surface area contributed by atoms with Gasteiger partial charge in [-0.05, 0) is 30.3 Å². The van der Waals surface area contributed by atoms with Crippen molar-refractivity contribution in [1.29, 1.82) is 0 Å². The molecule has 3 rings (SSSR count). The minimum atomic E-state index is -0.737. The fourth-order valence-corrected chi connectivity index (χ4v) is 2.81. The molecule has 2 aromatic rings. The first kappa shape index (κ1) is 16.2. The highest BCUT2D eigenvalue weighted by molar-refractivity contribution is 6.34. The molecule has 24 heavy (non-hydrogen) atoms. The maximum Gasteiger partial charge on any atom is 0.266 e. The summed E-state index contributed by atoms with van der Waals surface area (Å²) in [6, 6.07) is 11.8. The zero-order chi connectivity index (χ0) is 17.3. The van der Waals surface area contributed by atoms with E-state index in [-0.39, 0.29) is 11.8 Å². The van der Waals surface area contributed by atoms with Gasteiger partial charge < -0.3 is 14.2 Å². The molecular weight excluding hydrogens is 310 g/mol. The van der Waals surface area contributed by atoms with E-state index in [4.69, 9.17) is 14.2 Å². The first-order valence-corrected chi connectivity index (χ1v) is 7.33. The predicted octanol–water partition coefficient (Wildman–Crippen LogP) is 2.79. The number of rotatable bonds is 5. The van der Waals surface area contributed by atoms with E-state index >= 15 is 0 Å². The van der Waals surface area contributed by atoms with E-state index in [0.29, 0.717) is 28.1 Å². The molecule has 0 radical (unpaired) electrons. The van der Waals surface area contributed by atoms with Crippen molar-refractivity contribution in [2.45, 2.75) is 6.29 Å². The molecule has 6 heteroatoms. The molecule has 1 heterocycles. The zero-order valence-corrected chi connectivity index (χ0v) is 13.6. The normalized spacial score (nSPS) is 13.6. The van der Waals surface area contributed by atoms with Crippen LogP contribution in [0.15, 0.2) is 42.5 Å². The highest BCUT2D eigenvalue weighted by atomic mass is 16.7.